The number of nitrogens with one attached hydrogen (secondary N) is 2. The highest BCUT2D eigenvalue weighted by atomic mass is 15.2. The SMILES string of the molecule is CCCN(CC)CCNc1cc(C)nc(NCC)n1. The van der Waals surface area contributed by atoms with E-state index in [4.69, 9.17) is 0 Å². The van der Waals surface area contributed by atoms with Crippen molar-refractivity contribution in [1.82, 2.24) is 14.9 Å². The van der Waals surface area contributed by atoms with Gasteiger partial charge in [-0.1, -0.05) is 13.8 Å². The lowest BCUT2D eigenvalue weighted by atomic mass is 10.4. The zero-order chi connectivity index (χ0) is 14.1. The lowest BCUT2D eigenvalue weighted by Gasteiger charge is -2.19. The van der Waals surface area contributed by atoms with Crippen molar-refractivity contribution >= 4 is 11.8 Å². The second-order valence-corrected chi connectivity index (χ2v) is 4.61. The first-order chi connectivity index (χ1) is 9.19. The predicted molar refractivity (Wildman–Crippen MR) is 81.8 cm³/mol. The Kier molecular flexibility index (Phi) is 7.18. The Morgan fingerprint density at radius 3 is 2.53 bits per heavy atom. The summed E-state index contributed by atoms with van der Waals surface area (Å²) in [6.45, 7) is 13.5. The van der Waals surface area contributed by atoms with Crippen LogP contribution in [0.2, 0.25) is 0 Å². The fraction of sp³-hybridized carbons (Fsp3) is 0.714. The van der Waals surface area contributed by atoms with Gasteiger partial charge in [-0.05, 0) is 33.4 Å². The van der Waals surface area contributed by atoms with Gasteiger partial charge in [-0.15, -0.1) is 0 Å². The normalized spacial score (nSPS) is 10.8. The predicted octanol–water partition coefficient (Wildman–Crippen LogP) is 2.36. The molecule has 0 amide bonds. The van der Waals surface area contributed by atoms with E-state index in [1.54, 1.807) is 0 Å². The van der Waals surface area contributed by atoms with Gasteiger partial charge < -0.3 is 15.5 Å². The molecule has 108 valence electrons. The number of hydrogen-bond donors (Lipinski definition) is 2. The van der Waals surface area contributed by atoms with Crippen LogP contribution in [-0.2, 0) is 0 Å². The van der Waals surface area contributed by atoms with Crippen LogP contribution in [0.25, 0.3) is 0 Å². The number of aromatic nitrogens is 2. The number of hydrogen-bond acceptors (Lipinski definition) is 5. The first-order valence-electron chi connectivity index (χ1n) is 7.25. The summed E-state index contributed by atoms with van der Waals surface area (Å²) >= 11 is 0. The molecule has 0 aromatic carbocycles. The summed E-state index contributed by atoms with van der Waals surface area (Å²) in [6.07, 6.45) is 1.20. The summed E-state index contributed by atoms with van der Waals surface area (Å²) < 4.78 is 0. The Bertz CT molecular complexity index is 367. The molecule has 1 aromatic rings. The van der Waals surface area contributed by atoms with E-state index in [9.17, 15) is 0 Å². The number of likely N-dealkylation sites (N-methyl/N-ethyl adjacent to an activating group) is 1. The summed E-state index contributed by atoms with van der Waals surface area (Å²) in [5.74, 6) is 1.60. The van der Waals surface area contributed by atoms with Crippen molar-refractivity contribution in [3.63, 3.8) is 0 Å². The van der Waals surface area contributed by atoms with Gasteiger partial charge in [0.1, 0.15) is 5.82 Å². The van der Waals surface area contributed by atoms with Crippen molar-refractivity contribution in [2.45, 2.75) is 34.1 Å². The first kappa shape index (κ1) is 15.7. The third-order valence-electron chi connectivity index (χ3n) is 2.91. The Hall–Kier alpha value is -1.36. The van der Waals surface area contributed by atoms with Crippen LogP contribution in [0, 0.1) is 6.92 Å². The molecule has 5 nitrogen and oxygen atoms in total. The molecule has 1 rings (SSSR count). The summed E-state index contributed by atoms with van der Waals surface area (Å²) in [5, 5.41) is 6.52. The molecular formula is C14H27N5. The van der Waals surface area contributed by atoms with Crippen molar-refractivity contribution in [3.05, 3.63) is 11.8 Å². The van der Waals surface area contributed by atoms with Crippen molar-refractivity contribution in [1.29, 1.82) is 0 Å². The van der Waals surface area contributed by atoms with Crippen LogP contribution >= 0.6 is 0 Å². The van der Waals surface area contributed by atoms with E-state index in [2.05, 4.69) is 39.3 Å². The van der Waals surface area contributed by atoms with Gasteiger partial charge in [-0.25, -0.2) is 4.98 Å². The molecule has 0 aliphatic rings. The number of rotatable bonds is 9. The van der Waals surface area contributed by atoms with Crippen LogP contribution in [0.4, 0.5) is 11.8 Å². The third-order valence-corrected chi connectivity index (χ3v) is 2.91. The minimum Gasteiger partial charge on any atom is -0.369 e. The van der Waals surface area contributed by atoms with Gasteiger partial charge in [0.2, 0.25) is 5.95 Å². The van der Waals surface area contributed by atoms with Gasteiger partial charge >= 0.3 is 0 Å². The van der Waals surface area contributed by atoms with Gasteiger partial charge in [0, 0.05) is 31.4 Å². The van der Waals surface area contributed by atoms with Crippen molar-refractivity contribution < 1.29 is 0 Å². The summed E-state index contributed by atoms with van der Waals surface area (Å²) in [7, 11) is 0. The van der Waals surface area contributed by atoms with E-state index in [1.807, 2.05) is 19.9 Å². The van der Waals surface area contributed by atoms with Gasteiger partial charge in [0.05, 0.1) is 0 Å². The number of nitrogens with zero attached hydrogens (tertiary/aromatic N) is 3. The van der Waals surface area contributed by atoms with Crippen LogP contribution in [0.15, 0.2) is 6.07 Å². The smallest absolute Gasteiger partial charge is 0.224 e. The van der Waals surface area contributed by atoms with E-state index in [-0.39, 0.29) is 0 Å². The summed E-state index contributed by atoms with van der Waals surface area (Å²) in [6, 6.07) is 1.98. The number of aryl methyl sites for hydroxylation is 1. The van der Waals surface area contributed by atoms with E-state index in [0.29, 0.717) is 5.95 Å². The molecule has 5 heteroatoms. The summed E-state index contributed by atoms with van der Waals surface area (Å²) in [4.78, 5) is 11.2. The molecular weight excluding hydrogens is 238 g/mol. The van der Waals surface area contributed by atoms with Crippen LogP contribution < -0.4 is 10.6 Å². The second-order valence-electron chi connectivity index (χ2n) is 4.61. The summed E-state index contributed by atoms with van der Waals surface area (Å²) in [5.41, 5.74) is 0.981. The Labute approximate surface area is 116 Å². The molecule has 0 bridgehead atoms. The zero-order valence-corrected chi connectivity index (χ0v) is 12.7. The molecule has 0 atom stereocenters. The highest BCUT2D eigenvalue weighted by Gasteiger charge is 2.03. The highest BCUT2D eigenvalue weighted by molar-refractivity contribution is 5.42. The fourth-order valence-corrected chi connectivity index (χ4v) is 1.98. The third kappa shape index (κ3) is 5.87. The van der Waals surface area contributed by atoms with E-state index in [0.717, 1.165) is 44.2 Å². The largest absolute Gasteiger partial charge is 0.369 e. The van der Waals surface area contributed by atoms with E-state index in [1.165, 1.54) is 6.42 Å². The van der Waals surface area contributed by atoms with Gasteiger partial charge in [0.15, 0.2) is 0 Å². The lowest BCUT2D eigenvalue weighted by molar-refractivity contribution is 0.300. The van der Waals surface area contributed by atoms with Crippen LogP contribution in [0.5, 0.6) is 0 Å². The molecule has 1 heterocycles. The topological polar surface area (TPSA) is 53.1 Å². The average Bonchev–Trinajstić information content (AvgIpc) is 2.37. The van der Waals surface area contributed by atoms with Crippen LogP contribution in [-0.4, -0.2) is 47.6 Å². The molecule has 19 heavy (non-hydrogen) atoms. The Balaban J connectivity index is 2.48. The van der Waals surface area contributed by atoms with Gasteiger partial charge in [0.25, 0.3) is 0 Å². The average molecular weight is 265 g/mol. The molecule has 0 unspecified atom stereocenters. The molecule has 1 aromatic heterocycles. The monoisotopic (exact) mass is 265 g/mol. The minimum absolute atomic E-state index is 0.700. The Morgan fingerprint density at radius 2 is 1.89 bits per heavy atom. The Morgan fingerprint density at radius 1 is 1.11 bits per heavy atom. The lowest BCUT2D eigenvalue weighted by Crippen LogP contribution is -2.29. The molecule has 0 radical (unpaired) electrons. The van der Waals surface area contributed by atoms with Gasteiger partial charge in [-0.3, -0.25) is 0 Å². The highest BCUT2D eigenvalue weighted by Crippen LogP contribution is 2.09. The molecule has 0 spiro atoms. The molecule has 2 N–H and O–H groups in total. The van der Waals surface area contributed by atoms with Crippen LogP contribution in [0.1, 0.15) is 32.9 Å². The van der Waals surface area contributed by atoms with Crippen LogP contribution in [0.3, 0.4) is 0 Å². The fourth-order valence-electron chi connectivity index (χ4n) is 1.98. The zero-order valence-electron chi connectivity index (χ0n) is 12.7. The van der Waals surface area contributed by atoms with E-state index < -0.39 is 0 Å². The van der Waals surface area contributed by atoms with Crippen molar-refractivity contribution in [3.8, 4) is 0 Å². The van der Waals surface area contributed by atoms with Crippen molar-refractivity contribution in [2.75, 3.05) is 43.4 Å². The maximum Gasteiger partial charge on any atom is 0.224 e. The van der Waals surface area contributed by atoms with Gasteiger partial charge in [-0.2, -0.15) is 4.98 Å². The molecule has 0 aliphatic carbocycles. The van der Waals surface area contributed by atoms with E-state index >= 15 is 0 Å². The first-order valence-corrected chi connectivity index (χ1v) is 7.25. The molecule has 0 fully saturated rings. The number of anilines is 2. The minimum atomic E-state index is 0.700. The molecule has 0 saturated heterocycles. The maximum absolute atomic E-state index is 4.44. The maximum atomic E-state index is 4.44. The quantitative estimate of drug-likeness (QED) is 0.718. The standard InChI is InChI=1S/C14H27N5/c1-5-9-19(7-3)10-8-16-13-11-12(4)17-14(18-13)15-6-2/h11H,5-10H2,1-4H3,(H2,15,16,17,18). The second kappa shape index (κ2) is 8.69. The molecule has 0 aliphatic heterocycles. The van der Waals surface area contributed by atoms with Crippen molar-refractivity contribution in [2.24, 2.45) is 0 Å². The molecule has 0 saturated carbocycles.